The van der Waals surface area contributed by atoms with Gasteiger partial charge in [-0.2, -0.15) is 4.31 Å². The third-order valence-electron chi connectivity index (χ3n) is 4.15. The van der Waals surface area contributed by atoms with Crippen molar-refractivity contribution in [3.8, 4) is 12.3 Å². The van der Waals surface area contributed by atoms with Gasteiger partial charge in [0.2, 0.25) is 10.0 Å². The molecule has 2 aromatic rings. The lowest BCUT2D eigenvalue weighted by molar-refractivity contribution is 0.354. The van der Waals surface area contributed by atoms with Gasteiger partial charge in [-0.3, -0.25) is 4.98 Å². The third-order valence-corrected chi connectivity index (χ3v) is 6.21. The van der Waals surface area contributed by atoms with Crippen molar-refractivity contribution in [2.75, 3.05) is 19.6 Å². The van der Waals surface area contributed by atoms with E-state index < -0.39 is 10.0 Å². The minimum Gasteiger partial charge on any atom is -0.315 e. The van der Waals surface area contributed by atoms with E-state index in [2.05, 4.69) is 16.2 Å². The van der Waals surface area contributed by atoms with Crippen LogP contribution in [-0.2, 0) is 10.0 Å². The Balaban J connectivity index is 2.21. The summed E-state index contributed by atoms with van der Waals surface area (Å²) in [5.74, 6) is 2.55. The van der Waals surface area contributed by atoms with Gasteiger partial charge >= 0.3 is 0 Å². The highest BCUT2D eigenvalue weighted by molar-refractivity contribution is 7.89. The van der Waals surface area contributed by atoms with Crippen molar-refractivity contribution in [1.82, 2.24) is 14.6 Å². The van der Waals surface area contributed by atoms with Gasteiger partial charge in [0.05, 0.1) is 10.5 Å². The molecule has 6 heteroatoms. The molecule has 1 aliphatic rings. The number of fused-ring (bicyclic) bond motifs is 1. The number of terminal acetylenes is 1. The molecule has 23 heavy (non-hydrogen) atoms. The number of rotatable bonds is 2. The van der Waals surface area contributed by atoms with Crippen LogP contribution in [0.2, 0.25) is 0 Å². The molecule has 1 fully saturated rings. The van der Waals surface area contributed by atoms with E-state index in [9.17, 15) is 8.42 Å². The van der Waals surface area contributed by atoms with Crippen molar-refractivity contribution < 1.29 is 8.42 Å². The van der Waals surface area contributed by atoms with Crippen molar-refractivity contribution in [1.29, 1.82) is 0 Å². The molecule has 1 aromatic heterocycles. The smallest absolute Gasteiger partial charge is 0.244 e. The Labute approximate surface area is 136 Å². The highest BCUT2D eigenvalue weighted by Crippen LogP contribution is 2.29. The average molecular weight is 329 g/mol. The number of hydrogen-bond acceptors (Lipinski definition) is 4. The molecule has 1 unspecified atom stereocenters. The SMILES string of the molecule is C#Cc1cncc2cccc(S(=O)(=O)N3CCCNCC3C)c12. The van der Waals surface area contributed by atoms with Gasteiger partial charge in [0.15, 0.2) is 0 Å². The number of hydrogen-bond donors (Lipinski definition) is 1. The summed E-state index contributed by atoms with van der Waals surface area (Å²) in [5.41, 5.74) is 0.502. The fourth-order valence-electron chi connectivity index (χ4n) is 3.00. The molecule has 1 atom stereocenters. The van der Waals surface area contributed by atoms with Crippen LogP contribution in [0.15, 0.2) is 35.5 Å². The summed E-state index contributed by atoms with van der Waals surface area (Å²) in [6.45, 7) is 3.90. The van der Waals surface area contributed by atoms with Crippen molar-refractivity contribution in [2.24, 2.45) is 0 Å². The van der Waals surface area contributed by atoms with E-state index >= 15 is 0 Å². The molecule has 0 amide bonds. The Bertz CT molecular complexity index is 866. The molecule has 0 aliphatic carbocycles. The summed E-state index contributed by atoms with van der Waals surface area (Å²) < 4.78 is 28.1. The maximum absolute atomic E-state index is 13.2. The van der Waals surface area contributed by atoms with Crippen LogP contribution >= 0.6 is 0 Å². The molecular weight excluding hydrogens is 310 g/mol. The van der Waals surface area contributed by atoms with E-state index in [1.807, 2.05) is 13.0 Å². The molecule has 0 spiro atoms. The van der Waals surface area contributed by atoms with Crippen LogP contribution in [-0.4, -0.2) is 43.4 Å². The highest BCUT2D eigenvalue weighted by atomic mass is 32.2. The van der Waals surface area contributed by atoms with Crippen molar-refractivity contribution in [3.05, 3.63) is 36.2 Å². The third kappa shape index (κ3) is 2.83. The van der Waals surface area contributed by atoms with Crippen LogP contribution in [0, 0.1) is 12.3 Å². The number of nitrogens with zero attached hydrogens (tertiary/aromatic N) is 2. The molecule has 0 saturated carbocycles. The van der Waals surface area contributed by atoms with E-state index in [0.29, 0.717) is 24.0 Å². The van der Waals surface area contributed by atoms with E-state index in [4.69, 9.17) is 6.42 Å². The molecule has 1 saturated heterocycles. The zero-order chi connectivity index (χ0) is 16.4. The predicted molar refractivity (Wildman–Crippen MR) is 90.5 cm³/mol. The van der Waals surface area contributed by atoms with Crippen LogP contribution in [0.1, 0.15) is 18.9 Å². The Morgan fingerprint density at radius 2 is 2.22 bits per heavy atom. The van der Waals surface area contributed by atoms with Gasteiger partial charge in [-0.25, -0.2) is 8.42 Å². The van der Waals surface area contributed by atoms with E-state index in [1.54, 1.807) is 22.6 Å². The van der Waals surface area contributed by atoms with Gasteiger partial charge in [-0.05, 0) is 26.0 Å². The first-order valence-electron chi connectivity index (χ1n) is 7.61. The van der Waals surface area contributed by atoms with Crippen LogP contribution < -0.4 is 5.32 Å². The second kappa shape index (κ2) is 6.28. The average Bonchev–Trinajstić information content (AvgIpc) is 2.78. The predicted octanol–water partition coefficient (Wildman–Crippen LogP) is 1.59. The number of pyridine rings is 1. The van der Waals surface area contributed by atoms with E-state index in [-0.39, 0.29) is 10.9 Å². The summed E-state index contributed by atoms with van der Waals surface area (Å²) in [6.07, 6.45) is 9.52. The molecule has 3 rings (SSSR count). The maximum atomic E-state index is 13.2. The molecular formula is C17H19N3O2S. The van der Waals surface area contributed by atoms with Gasteiger partial charge in [0, 0.05) is 42.3 Å². The zero-order valence-electron chi connectivity index (χ0n) is 13.0. The molecule has 1 N–H and O–H groups in total. The fraction of sp³-hybridized carbons (Fsp3) is 0.353. The minimum atomic E-state index is -3.62. The molecule has 1 aromatic carbocycles. The largest absolute Gasteiger partial charge is 0.315 e. The lowest BCUT2D eigenvalue weighted by Gasteiger charge is -2.26. The van der Waals surface area contributed by atoms with Gasteiger partial charge < -0.3 is 5.32 Å². The van der Waals surface area contributed by atoms with E-state index in [0.717, 1.165) is 18.4 Å². The lowest BCUT2D eigenvalue weighted by Crippen LogP contribution is -2.41. The first-order valence-corrected chi connectivity index (χ1v) is 9.05. The summed E-state index contributed by atoms with van der Waals surface area (Å²) >= 11 is 0. The van der Waals surface area contributed by atoms with Crippen LogP contribution in [0.3, 0.4) is 0 Å². The summed E-state index contributed by atoms with van der Waals surface area (Å²) in [4.78, 5) is 4.35. The molecule has 0 bridgehead atoms. The van der Waals surface area contributed by atoms with Gasteiger partial charge in [0.1, 0.15) is 0 Å². The van der Waals surface area contributed by atoms with E-state index in [1.165, 1.54) is 6.20 Å². The van der Waals surface area contributed by atoms with Crippen LogP contribution in [0.5, 0.6) is 0 Å². The van der Waals surface area contributed by atoms with Crippen molar-refractivity contribution in [3.63, 3.8) is 0 Å². The number of aromatic nitrogens is 1. The number of benzene rings is 1. The van der Waals surface area contributed by atoms with Crippen LogP contribution in [0.4, 0.5) is 0 Å². The van der Waals surface area contributed by atoms with Crippen molar-refractivity contribution >= 4 is 20.8 Å². The van der Waals surface area contributed by atoms with Gasteiger partial charge in [-0.15, -0.1) is 6.42 Å². The monoisotopic (exact) mass is 329 g/mol. The van der Waals surface area contributed by atoms with Gasteiger partial charge in [-0.1, -0.05) is 18.1 Å². The molecule has 120 valence electrons. The first kappa shape index (κ1) is 15.9. The topological polar surface area (TPSA) is 62.3 Å². The molecule has 2 heterocycles. The maximum Gasteiger partial charge on any atom is 0.244 e. The highest BCUT2D eigenvalue weighted by Gasteiger charge is 2.31. The molecule has 0 radical (unpaired) electrons. The Kier molecular flexibility index (Phi) is 4.35. The quantitative estimate of drug-likeness (QED) is 0.850. The normalized spacial score (nSPS) is 20.1. The second-order valence-electron chi connectivity index (χ2n) is 5.71. The first-order chi connectivity index (χ1) is 11.1. The van der Waals surface area contributed by atoms with Gasteiger partial charge in [0.25, 0.3) is 0 Å². The van der Waals surface area contributed by atoms with Crippen LogP contribution in [0.25, 0.3) is 10.8 Å². The fourth-order valence-corrected chi connectivity index (χ4v) is 4.91. The summed E-state index contributed by atoms with van der Waals surface area (Å²) in [5, 5.41) is 4.58. The molecule has 1 aliphatic heterocycles. The standard InChI is InChI=1S/C17H19N3O2S/c1-3-14-11-19-12-15-6-4-7-16(17(14)15)23(21,22)20-9-5-8-18-10-13(20)2/h1,4,6-7,11-13,18H,5,8-10H2,2H3. The number of nitrogens with one attached hydrogen (secondary N) is 1. The second-order valence-corrected chi connectivity index (χ2v) is 7.57. The minimum absolute atomic E-state index is 0.103. The Hall–Kier alpha value is -1.94. The summed E-state index contributed by atoms with van der Waals surface area (Å²) in [6, 6.07) is 5.09. The number of sulfonamides is 1. The molecule has 5 nitrogen and oxygen atoms in total. The van der Waals surface area contributed by atoms with Crippen molar-refractivity contribution in [2.45, 2.75) is 24.3 Å². The lowest BCUT2D eigenvalue weighted by atomic mass is 10.1. The zero-order valence-corrected chi connectivity index (χ0v) is 13.8. The Morgan fingerprint density at radius 3 is 3.00 bits per heavy atom. The summed E-state index contributed by atoms with van der Waals surface area (Å²) in [7, 11) is -3.62. The Morgan fingerprint density at radius 1 is 1.39 bits per heavy atom.